The van der Waals surface area contributed by atoms with E-state index in [9.17, 15) is 17.1 Å². The van der Waals surface area contributed by atoms with Gasteiger partial charge in [-0.2, -0.15) is 8.42 Å². The van der Waals surface area contributed by atoms with Gasteiger partial charge in [0.1, 0.15) is 11.0 Å². The number of carbonyl (C=O) groups is 1. The number of aryl methyl sites for hydroxylation is 1. The molecule has 1 heterocycles. The predicted octanol–water partition coefficient (Wildman–Crippen LogP) is 1.41. The average molecular weight is 287 g/mol. The summed E-state index contributed by atoms with van der Waals surface area (Å²) in [6.07, 6.45) is -0.337. The predicted molar refractivity (Wildman–Crippen MR) is 68.5 cm³/mol. The van der Waals surface area contributed by atoms with Gasteiger partial charge in [0.15, 0.2) is 0 Å². The highest BCUT2D eigenvalue weighted by atomic mass is 32.3. The number of halogens is 1. The first-order valence-corrected chi connectivity index (χ1v) is 7.16. The van der Waals surface area contributed by atoms with Gasteiger partial charge in [-0.05, 0) is 24.6 Å². The Kier molecular flexibility index (Phi) is 3.49. The van der Waals surface area contributed by atoms with Crippen LogP contribution in [0.25, 0.3) is 0 Å². The number of benzene rings is 1. The van der Waals surface area contributed by atoms with Crippen molar-refractivity contribution in [1.29, 1.82) is 0 Å². The van der Waals surface area contributed by atoms with Crippen LogP contribution in [0.3, 0.4) is 0 Å². The largest absolute Gasteiger partial charge is 0.495 e. The molecular weight excluding hydrogens is 273 g/mol. The first-order chi connectivity index (χ1) is 8.82. The van der Waals surface area contributed by atoms with Gasteiger partial charge in [-0.15, -0.1) is 3.89 Å². The van der Waals surface area contributed by atoms with Crippen molar-refractivity contribution in [2.75, 3.05) is 18.6 Å². The zero-order chi connectivity index (χ0) is 14.2. The number of amides is 1. The Hall–Kier alpha value is -1.63. The maximum atomic E-state index is 13.0. The summed E-state index contributed by atoms with van der Waals surface area (Å²) in [7, 11) is -3.25. The van der Waals surface area contributed by atoms with Crippen LogP contribution in [0.15, 0.2) is 18.2 Å². The van der Waals surface area contributed by atoms with Crippen LogP contribution in [0.4, 0.5) is 9.57 Å². The van der Waals surface area contributed by atoms with Crippen molar-refractivity contribution in [1.82, 2.24) is 0 Å². The Bertz CT molecular complexity index is 614. The van der Waals surface area contributed by atoms with Crippen LogP contribution in [0.1, 0.15) is 12.0 Å². The van der Waals surface area contributed by atoms with Gasteiger partial charge in [0, 0.05) is 13.0 Å². The van der Waals surface area contributed by atoms with Crippen LogP contribution in [-0.2, 0) is 15.0 Å². The second kappa shape index (κ2) is 4.80. The quantitative estimate of drug-likeness (QED) is 0.788. The van der Waals surface area contributed by atoms with Crippen molar-refractivity contribution >= 4 is 21.8 Å². The van der Waals surface area contributed by atoms with Crippen LogP contribution in [0.2, 0.25) is 0 Å². The fourth-order valence-electron chi connectivity index (χ4n) is 2.11. The molecule has 1 aromatic carbocycles. The molecule has 0 aromatic heterocycles. The first kappa shape index (κ1) is 13.8. The minimum atomic E-state index is -4.71. The minimum Gasteiger partial charge on any atom is -0.495 e. The average Bonchev–Trinajstić information content (AvgIpc) is 2.71. The van der Waals surface area contributed by atoms with Gasteiger partial charge in [-0.1, -0.05) is 6.07 Å². The van der Waals surface area contributed by atoms with E-state index in [2.05, 4.69) is 0 Å². The zero-order valence-electron chi connectivity index (χ0n) is 10.6. The van der Waals surface area contributed by atoms with E-state index in [1.807, 2.05) is 13.0 Å². The lowest BCUT2D eigenvalue weighted by molar-refractivity contribution is -0.117. The highest BCUT2D eigenvalue weighted by Crippen LogP contribution is 2.33. The number of hydrogen-bond acceptors (Lipinski definition) is 4. The molecule has 0 N–H and O–H groups in total. The van der Waals surface area contributed by atoms with Gasteiger partial charge in [-0.3, -0.25) is 4.79 Å². The number of anilines is 1. The van der Waals surface area contributed by atoms with Crippen LogP contribution >= 0.6 is 0 Å². The zero-order valence-corrected chi connectivity index (χ0v) is 11.4. The number of carbonyl (C=O) groups excluding carboxylic acids is 1. The third-order valence-corrected chi connectivity index (χ3v) is 4.22. The fourth-order valence-corrected chi connectivity index (χ4v) is 2.78. The summed E-state index contributed by atoms with van der Waals surface area (Å²) in [4.78, 5) is 13.1. The second-order valence-electron chi connectivity index (χ2n) is 4.48. The van der Waals surface area contributed by atoms with Crippen LogP contribution in [-0.4, -0.2) is 33.2 Å². The standard InChI is InChI=1S/C12H14FNO4S/c1-8-3-4-11(18-2)10(5-8)14-7-9(6-12(14)15)19(13,16)17/h3-5,9H,6-7H2,1-2H3. The molecule has 1 saturated heterocycles. The molecule has 0 spiro atoms. The number of hydrogen-bond donors (Lipinski definition) is 0. The number of ether oxygens (including phenoxy) is 1. The van der Waals surface area contributed by atoms with Crippen molar-refractivity contribution < 1.29 is 21.8 Å². The van der Waals surface area contributed by atoms with Crippen molar-refractivity contribution in [3.8, 4) is 5.75 Å². The highest BCUT2D eigenvalue weighted by Gasteiger charge is 2.39. The summed E-state index contributed by atoms with van der Waals surface area (Å²) in [5, 5.41) is -1.30. The molecule has 1 atom stereocenters. The van der Waals surface area contributed by atoms with E-state index in [0.29, 0.717) is 11.4 Å². The van der Waals surface area contributed by atoms with Crippen LogP contribution < -0.4 is 9.64 Å². The summed E-state index contributed by atoms with van der Waals surface area (Å²) in [5.41, 5.74) is 1.37. The lowest BCUT2D eigenvalue weighted by atomic mass is 10.2. The van der Waals surface area contributed by atoms with E-state index in [1.165, 1.54) is 12.0 Å². The smallest absolute Gasteiger partial charge is 0.307 e. The highest BCUT2D eigenvalue weighted by molar-refractivity contribution is 7.87. The summed E-state index contributed by atoms with van der Waals surface area (Å²) in [6, 6.07) is 5.21. The van der Waals surface area contributed by atoms with E-state index >= 15 is 0 Å². The summed E-state index contributed by atoms with van der Waals surface area (Å²) < 4.78 is 39.9. The van der Waals surface area contributed by atoms with Gasteiger partial charge in [0.25, 0.3) is 0 Å². The van der Waals surface area contributed by atoms with E-state index < -0.39 is 21.4 Å². The molecule has 1 aliphatic rings. The molecule has 1 unspecified atom stereocenters. The lowest BCUT2D eigenvalue weighted by Gasteiger charge is -2.19. The van der Waals surface area contributed by atoms with Crippen molar-refractivity contribution in [2.24, 2.45) is 0 Å². The number of rotatable bonds is 3. The molecule has 7 heteroatoms. The van der Waals surface area contributed by atoms with E-state index in [0.717, 1.165) is 5.56 Å². The Balaban J connectivity index is 2.38. The molecule has 5 nitrogen and oxygen atoms in total. The summed E-state index contributed by atoms with van der Waals surface area (Å²) in [5.74, 6) is 0.0333. The molecule has 1 aliphatic heterocycles. The molecule has 1 aromatic rings. The van der Waals surface area contributed by atoms with Crippen molar-refractivity contribution in [2.45, 2.75) is 18.6 Å². The molecule has 2 rings (SSSR count). The molecule has 1 fully saturated rings. The van der Waals surface area contributed by atoms with Gasteiger partial charge in [0.2, 0.25) is 5.91 Å². The van der Waals surface area contributed by atoms with Crippen LogP contribution in [0, 0.1) is 6.92 Å². The lowest BCUT2D eigenvalue weighted by Crippen LogP contribution is -2.27. The maximum Gasteiger partial charge on any atom is 0.307 e. The Labute approximate surface area is 111 Å². The van der Waals surface area contributed by atoms with Gasteiger partial charge < -0.3 is 9.64 Å². The number of methoxy groups -OCH3 is 1. The van der Waals surface area contributed by atoms with Gasteiger partial charge in [-0.25, -0.2) is 0 Å². The van der Waals surface area contributed by atoms with E-state index in [1.54, 1.807) is 12.1 Å². The SMILES string of the molecule is COc1ccc(C)cc1N1CC(S(=O)(=O)F)CC1=O. The van der Waals surface area contributed by atoms with E-state index in [-0.39, 0.29) is 13.0 Å². The van der Waals surface area contributed by atoms with Gasteiger partial charge in [0.05, 0.1) is 12.8 Å². The molecular formula is C12H14FNO4S. The first-order valence-electron chi connectivity index (χ1n) is 5.71. The normalized spacial score (nSPS) is 19.8. The molecule has 0 bridgehead atoms. The molecule has 0 radical (unpaired) electrons. The third kappa shape index (κ3) is 2.70. The van der Waals surface area contributed by atoms with E-state index in [4.69, 9.17) is 4.74 Å². The van der Waals surface area contributed by atoms with Crippen molar-refractivity contribution in [3.05, 3.63) is 23.8 Å². The Morgan fingerprint density at radius 1 is 1.42 bits per heavy atom. The monoisotopic (exact) mass is 287 g/mol. The van der Waals surface area contributed by atoms with Crippen LogP contribution in [0.5, 0.6) is 5.75 Å². The molecule has 0 aliphatic carbocycles. The molecule has 19 heavy (non-hydrogen) atoms. The topological polar surface area (TPSA) is 63.7 Å². The summed E-state index contributed by atoms with van der Waals surface area (Å²) in [6.45, 7) is 1.66. The minimum absolute atomic E-state index is 0.183. The maximum absolute atomic E-state index is 13.0. The second-order valence-corrected chi connectivity index (χ2v) is 6.10. The Morgan fingerprint density at radius 2 is 2.11 bits per heavy atom. The van der Waals surface area contributed by atoms with Gasteiger partial charge >= 0.3 is 10.2 Å². The molecule has 104 valence electrons. The molecule has 0 saturated carbocycles. The molecule has 1 amide bonds. The fraction of sp³-hybridized carbons (Fsp3) is 0.417. The Morgan fingerprint density at radius 3 is 2.63 bits per heavy atom. The number of nitrogens with zero attached hydrogens (tertiary/aromatic N) is 1. The van der Waals surface area contributed by atoms with Crippen molar-refractivity contribution in [3.63, 3.8) is 0 Å². The third-order valence-electron chi connectivity index (χ3n) is 3.11. The summed E-state index contributed by atoms with van der Waals surface area (Å²) >= 11 is 0.